The first-order chi connectivity index (χ1) is 11.3. The fraction of sp³-hybridized carbons (Fsp3) is 0.412. The van der Waals surface area contributed by atoms with Crippen LogP contribution in [0.25, 0.3) is 0 Å². The minimum Gasteiger partial charge on any atom is -0.376 e. The summed E-state index contributed by atoms with van der Waals surface area (Å²) in [6, 6.07) is 7.59. The predicted molar refractivity (Wildman–Crippen MR) is 92.0 cm³/mol. The summed E-state index contributed by atoms with van der Waals surface area (Å²) < 4.78 is 7.56. The maximum Gasteiger partial charge on any atom is 0.256 e. The summed E-state index contributed by atoms with van der Waals surface area (Å²) in [6.45, 7) is 1.57. The van der Waals surface area contributed by atoms with Crippen molar-refractivity contribution in [2.45, 2.75) is 36.8 Å². The van der Waals surface area contributed by atoms with Gasteiger partial charge in [-0.25, -0.2) is 0 Å². The summed E-state index contributed by atoms with van der Waals surface area (Å²) in [6.07, 6.45) is 9.16. The van der Waals surface area contributed by atoms with E-state index in [2.05, 4.69) is 10.4 Å². The number of rotatable bonds is 5. The molecule has 0 bridgehead atoms. The van der Waals surface area contributed by atoms with Gasteiger partial charge in [-0.1, -0.05) is 12.1 Å². The normalized spacial score (nSPS) is 17.9. The third-order valence-corrected chi connectivity index (χ3v) is 4.70. The Morgan fingerprint density at radius 2 is 2.30 bits per heavy atom. The first kappa shape index (κ1) is 16.1. The van der Waals surface area contributed by atoms with E-state index in [0.717, 1.165) is 30.9 Å². The lowest BCUT2D eigenvalue weighted by molar-refractivity contribution is 0.00401. The molecule has 1 aromatic heterocycles. The summed E-state index contributed by atoms with van der Waals surface area (Å²) in [7, 11) is 0. The Morgan fingerprint density at radius 1 is 1.43 bits per heavy atom. The molecule has 1 aromatic carbocycles. The molecule has 2 aromatic rings. The average molecular weight is 331 g/mol. The number of anilines is 1. The van der Waals surface area contributed by atoms with Crippen LogP contribution in [0.3, 0.4) is 0 Å². The SMILES string of the molecule is CSc1ccccc1C(=O)Nc1cnn(C[C@H]2CCCCO2)c1. The molecule has 23 heavy (non-hydrogen) atoms. The van der Waals surface area contributed by atoms with Crippen molar-refractivity contribution in [2.24, 2.45) is 0 Å². The zero-order valence-corrected chi connectivity index (χ0v) is 14.0. The van der Waals surface area contributed by atoms with Gasteiger partial charge in [-0.05, 0) is 37.7 Å². The lowest BCUT2D eigenvalue weighted by Gasteiger charge is -2.22. The molecule has 2 heterocycles. The molecule has 1 saturated heterocycles. The number of hydrogen-bond acceptors (Lipinski definition) is 4. The quantitative estimate of drug-likeness (QED) is 0.853. The van der Waals surface area contributed by atoms with Crippen molar-refractivity contribution in [1.29, 1.82) is 0 Å². The number of hydrogen-bond donors (Lipinski definition) is 1. The molecule has 0 radical (unpaired) electrons. The lowest BCUT2D eigenvalue weighted by atomic mass is 10.1. The monoisotopic (exact) mass is 331 g/mol. The molecule has 1 aliphatic heterocycles. The van der Waals surface area contributed by atoms with E-state index in [1.54, 1.807) is 18.0 Å². The van der Waals surface area contributed by atoms with Crippen LogP contribution in [0, 0.1) is 0 Å². The zero-order chi connectivity index (χ0) is 16.1. The number of amides is 1. The van der Waals surface area contributed by atoms with Gasteiger partial charge >= 0.3 is 0 Å². The van der Waals surface area contributed by atoms with Gasteiger partial charge in [-0.15, -0.1) is 11.8 Å². The van der Waals surface area contributed by atoms with E-state index >= 15 is 0 Å². The van der Waals surface area contributed by atoms with Gasteiger partial charge in [0.25, 0.3) is 5.91 Å². The third-order valence-electron chi connectivity index (χ3n) is 3.91. The lowest BCUT2D eigenvalue weighted by Crippen LogP contribution is -2.24. The van der Waals surface area contributed by atoms with Crippen LogP contribution in [0.5, 0.6) is 0 Å². The van der Waals surface area contributed by atoms with Crippen molar-refractivity contribution in [1.82, 2.24) is 9.78 Å². The van der Waals surface area contributed by atoms with Crippen molar-refractivity contribution in [3.8, 4) is 0 Å². The van der Waals surface area contributed by atoms with E-state index in [1.165, 1.54) is 6.42 Å². The molecule has 1 fully saturated rings. The Balaban J connectivity index is 1.63. The van der Waals surface area contributed by atoms with Crippen LogP contribution in [-0.4, -0.2) is 34.7 Å². The van der Waals surface area contributed by atoms with E-state index in [4.69, 9.17) is 4.74 Å². The van der Waals surface area contributed by atoms with Crippen LogP contribution < -0.4 is 5.32 Å². The van der Waals surface area contributed by atoms with Gasteiger partial charge in [0.15, 0.2) is 0 Å². The van der Waals surface area contributed by atoms with E-state index in [9.17, 15) is 4.79 Å². The molecule has 122 valence electrons. The van der Waals surface area contributed by atoms with Crippen molar-refractivity contribution < 1.29 is 9.53 Å². The summed E-state index contributed by atoms with van der Waals surface area (Å²) in [5.74, 6) is -0.108. The molecule has 6 heteroatoms. The van der Waals surface area contributed by atoms with Crippen LogP contribution in [0.4, 0.5) is 5.69 Å². The number of carbonyl (C=O) groups is 1. The van der Waals surface area contributed by atoms with Crippen molar-refractivity contribution >= 4 is 23.4 Å². The first-order valence-corrected chi connectivity index (χ1v) is 9.07. The maximum absolute atomic E-state index is 12.4. The molecule has 0 saturated carbocycles. The smallest absolute Gasteiger partial charge is 0.256 e. The van der Waals surface area contributed by atoms with Crippen LogP contribution in [-0.2, 0) is 11.3 Å². The Labute approximate surface area is 140 Å². The van der Waals surface area contributed by atoms with Crippen molar-refractivity contribution in [3.05, 3.63) is 42.2 Å². The number of benzene rings is 1. The first-order valence-electron chi connectivity index (χ1n) is 7.84. The highest BCUT2D eigenvalue weighted by Gasteiger charge is 2.16. The number of nitrogens with zero attached hydrogens (tertiary/aromatic N) is 2. The molecule has 0 spiro atoms. The Kier molecular flexibility index (Phi) is 5.35. The molecular weight excluding hydrogens is 310 g/mol. The van der Waals surface area contributed by atoms with Crippen LogP contribution in [0.1, 0.15) is 29.6 Å². The van der Waals surface area contributed by atoms with Crippen LogP contribution >= 0.6 is 11.8 Å². The standard InChI is InChI=1S/C17H21N3O2S/c1-23-16-8-3-2-7-15(16)17(21)19-13-10-18-20(11-13)12-14-6-4-5-9-22-14/h2-3,7-8,10-11,14H,4-6,9,12H2,1H3,(H,19,21)/t14-/m1/s1. The minimum absolute atomic E-state index is 0.108. The van der Waals surface area contributed by atoms with Gasteiger partial charge in [-0.2, -0.15) is 5.10 Å². The highest BCUT2D eigenvalue weighted by atomic mass is 32.2. The van der Waals surface area contributed by atoms with E-state index < -0.39 is 0 Å². The fourth-order valence-electron chi connectivity index (χ4n) is 2.72. The number of ether oxygens (including phenoxy) is 1. The molecule has 1 amide bonds. The summed E-state index contributed by atoms with van der Waals surface area (Å²) in [5, 5.41) is 7.23. The van der Waals surface area contributed by atoms with Gasteiger partial charge in [-0.3, -0.25) is 9.48 Å². The Bertz CT molecular complexity index is 665. The molecular formula is C17H21N3O2S. The molecule has 5 nitrogen and oxygen atoms in total. The molecule has 1 aliphatic rings. The highest BCUT2D eigenvalue weighted by Crippen LogP contribution is 2.21. The van der Waals surface area contributed by atoms with Gasteiger partial charge in [0.1, 0.15) is 0 Å². The Hall–Kier alpha value is -1.79. The average Bonchev–Trinajstić information content (AvgIpc) is 3.02. The zero-order valence-electron chi connectivity index (χ0n) is 13.2. The molecule has 0 unspecified atom stereocenters. The van der Waals surface area contributed by atoms with Gasteiger partial charge < -0.3 is 10.1 Å². The van der Waals surface area contributed by atoms with E-state index in [-0.39, 0.29) is 12.0 Å². The highest BCUT2D eigenvalue weighted by molar-refractivity contribution is 7.98. The van der Waals surface area contributed by atoms with Crippen LogP contribution in [0.15, 0.2) is 41.6 Å². The number of thioether (sulfide) groups is 1. The number of aromatic nitrogens is 2. The molecule has 3 rings (SSSR count). The van der Waals surface area contributed by atoms with Crippen LogP contribution in [0.2, 0.25) is 0 Å². The number of nitrogens with one attached hydrogen (secondary N) is 1. The molecule has 0 aliphatic carbocycles. The second kappa shape index (κ2) is 7.66. The van der Waals surface area contributed by atoms with Gasteiger partial charge in [0.2, 0.25) is 0 Å². The number of carbonyl (C=O) groups excluding carboxylic acids is 1. The fourth-order valence-corrected chi connectivity index (χ4v) is 3.31. The topological polar surface area (TPSA) is 56.2 Å². The second-order valence-electron chi connectivity index (χ2n) is 5.59. The predicted octanol–water partition coefficient (Wildman–Crippen LogP) is 3.43. The molecule has 1 N–H and O–H groups in total. The summed E-state index contributed by atoms with van der Waals surface area (Å²) in [4.78, 5) is 13.4. The van der Waals surface area contributed by atoms with Crippen molar-refractivity contribution in [3.63, 3.8) is 0 Å². The summed E-state index contributed by atoms with van der Waals surface area (Å²) in [5.41, 5.74) is 1.39. The third kappa shape index (κ3) is 4.14. The molecule has 1 atom stereocenters. The van der Waals surface area contributed by atoms with E-state index in [1.807, 2.05) is 41.4 Å². The Morgan fingerprint density at radius 3 is 3.09 bits per heavy atom. The van der Waals surface area contributed by atoms with Gasteiger partial charge in [0, 0.05) is 17.7 Å². The summed E-state index contributed by atoms with van der Waals surface area (Å²) >= 11 is 1.56. The maximum atomic E-state index is 12.4. The van der Waals surface area contributed by atoms with Gasteiger partial charge in [0.05, 0.1) is 30.1 Å². The van der Waals surface area contributed by atoms with E-state index in [0.29, 0.717) is 11.3 Å². The largest absolute Gasteiger partial charge is 0.376 e. The second-order valence-corrected chi connectivity index (χ2v) is 6.44. The minimum atomic E-state index is -0.108. The van der Waals surface area contributed by atoms with Crippen molar-refractivity contribution in [2.75, 3.05) is 18.2 Å².